The second kappa shape index (κ2) is 11.1. The fraction of sp³-hybridized carbons (Fsp3) is 0.400. The van der Waals surface area contributed by atoms with Crippen LogP contribution < -0.4 is 10.6 Å². The number of benzene rings is 2. The van der Waals surface area contributed by atoms with E-state index in [1.165, 1.54) is 18.4 Å². The van der Waals surface area contributed by atoms with E-state index in [0.29, 0.717) is 16.1 Å². The maximum atomic E-state index is 6.55. The molecule has 0 aromatic heterocycles. The van der Waals surface area contributed by atoms with E-state index >= 15 is 0 Å². The Morgan fingerprint density at radius 2 is 1.70 bits per heavy atom. The van der Waals surface area contributed by atoms with Gasteiger partial charge in [0.2, 0.25) is 0 Å². The normalized spacial score (nSPS) is 21.9. The van der Waals surface area contributed by atoms with Crippen LogP contribution in [0.2, 0.25) is 15.1 Å². The lowest BCUT2D eigenvalue weighted by atomic mass is 9.72. The lowest BCUT2D eigenvalue weighted by Crippen LogP contribution is -2.57. The zero-order valence-corrected chi connectivity index (χ0v) is 19.0. The minimum Gasteiger partial charge on any atom is -0.309 e. The number of nitrogens with one attached hydrogen (secondary N) is 2. The molecule has 0 amide bonds. The average Bonchev–Trinajstić information content (AvgIpc) is 2.63. The van der Waals surface area contributed by atoms with Crippen molar-refractivity contribution < 1.29 is 0 Å². The third-order valence-corrected chi connectivity index (χ3v) is 6.31. The van der Waals surface area contributed by atoms with Gasteiger partial charge in [-0.05, 0) is 49.2 Å². The Hall–Kier alpha value is -0.190. The van der Waals surface area contributed by atoms with Gasteiger partial charge in [0.1, 0.15) is 0 Å². The quantitative estimate of drug-likeness (QED) is 0.512. The van der Waals surface area contributed by atoms with Crippen molar-refractivity contribution in [3.8, 4) is 0 Å². The molecule has 2 aromatic rings. The highest BCUT2D eigenvalue weighted by Gasteiger charge is 2.41. The third kappa shape index (κ3) is 5.45. The van der Waals surface area contributed by atoms with E-state index < -0.39 is 0 Å². The second-order valence-electron chi connectivity index (χ2n) is 6.63. The molecule has 0 aliphatic heterocycles. The van der Waals surface area contributed by atoms with Gasteiger partial charge in [-0.3, -0.25) is 0 Å². The van der Waals surface area contributed by atoms with Gasteiger partial charge in [0.15, 0.2) is 0 Å². The van der Waals surface area contributed by atoms with Crippen molar-refractivity contribution in [3.05, 3.63) is 68.7 Å². The Morgan fingerprint density at radius 1 is 0.963 bits per heavy atom. The molecule has 1 aliphatic rings. The van der Waals surface area contributed by atoms with E-state index in [1.54, 1.807) is 0 Å². The molecule has 2 N–H and O–H groups in total. The van der Waals surface area contributed by atoms with Crippen molar-refractivity contribution in [2.24, 2.45) is 0 Å². The molecule has 1 fully saturated rings. The van der Waals surface area contributed by atoms with Crippen LogP contribution in [0.15, 0.2) is 42.5 Å². The lowest BCUT2D eigenvalue weighted by Gasteiger charge is -2.45. The van der Waals surface area contributed by atoms with Gasteiger partial charge in [-0.1, -0.05) is 71.9 Å². The molecule has 1 saturated carbocycles. The molecule has 0 radical (unpaired) electrons. The summed E-state index contributed by atoms with van der Waals surface area (Å²) in [5, 5.41) is 9.32. The number of rotatable bonds is 5. The van der Waals surface area contributed by atoms with E-state index in [9.17, 15) is 0 Å². The van der Waals surface area contributed by atoms with E-state index in [1.807, 2.05) is 37.4 Å². The first-order valence-electron chi connectivity index (χ1n) is 8.68. The van der Waals surface area contributed by atoms with Crippen LogP contribution in [0.5, 0.6) is 0 Å². The fourth-order valence-electron chi connectivity index (χ4n) is 3.92. The Labute approximate surface area is 189 Å². The highest BCUT2D eigenvalue weighted by atomic mass is 35.5. The summed E-state index contributed by atoms with van der Waals surface area (Å²) >= 11 is 18.7. The molecule has 3 rings (SSSR count). The summed E-state index contributed by atoms with van der Waals surface area (Å²) in [5.41, 5.74) is 2.14. The fourth-order valence-corrected chi connectivity index (χ4v) is 4.54. The van der Waals surface area contributed by atoms with Crippen LogP contribution in [-0.4, -0.2) is 13.1 Å². The molecule has 0 saturated heterocycles. The minimum absolute atomic E-state index is 0. The predicted octanol–water partition coefficient (Wildman–Crippen LogP) is 6.64. The van der Waals surface area contributed by atoms with Gasteiger partial charge < -0.3 is 10.6 Å². The molecule has 0 unspecified atom stereocenters. The maximum Gasteiger partial charge on any atom is 0.0602 e. The van der Waals surface area contributed by atoms with Crippen LogP contribution in [-0.2, 0) is 12.1 Å². The molecular formula is C20H25Cl5N2. The van der Waals surface area contributed by atoms with E-state index in [-0.39, 0.29) is 30.4 Å². The summed E-state index contributed by atoms with van der Waals surface area (Å²) in [4.78, 5) is 0. The van der Waals surface area contributed by atoms with Crippen molar-refractivity contribution in [2.75, 3.05) is 7.05 Å². The van der Waals surface area contributed by atoms with Gasteiger partial charge in [-0.15, -0.1) is 24.8 Å². The summed E-state index contributed by atoms with van der Waals surface area (Å²) in [5.74, 6) is 0. The largest absolute Gasteiger partial charge is 0.309 e. The summed E-state index contributed by atoms with van der Waals surface area (Å²) in [7, 11) is 2.03. The maximum absolute atomic E-state index is 6.55. The lowest BCUT2D eigenvalue weighted by molar-refractivity contribution is 0.177. The van der Waals surface area contributed by atoms with Gasteiger partial charge in [0.25, 0.3) is 0 Å². The van der Waals surface area contributed by atoms with Gasteiger partial charge >= 0.3 is 0 Å². The standard InChI is InChI=1S/C20H23Cl3N2.2ClH/c1-24-20(15-6-2-3-7-16(15)21)11-5-4-8-19(20)25-13-14-9-10-17(22)18(23)12-14;;/h2-3,6-7,9-10,12,19,24-25H,4-5,8,11,13H2,1H3;2*1H/t19-,20+;;/m1../s1. The van der Waals surface area contributed by atoms with Gasteiger partial charge in [-0.2, -0.15) is 0 Å². The smallest absolute Gasteiger partial charge is 0.0602 e. The number of halogens is 5. The van der Waals surface area contributed by atoms with Crippen LogP contribution in [0.25, 0.3) is 0 Å². The summed E-state index contributed by atoms with van der Waals surface area (Å²) < 4.78 is 0. The SMILES string of the molecule is CN[C@]1(c2ccccc2Cl)CCCC[C@H]1NCc1ccc(Cl)c(Cl)c1.Cl.Cl. The first-order valence-corrected chi connectivity index (χ1v) is 9.81. The summed E-state index contributed by atoms with van der Waals surface area (Å²) in [6.45, 7) is 0.745. The van der Waals surface area contributed by atoms with E-state index in [0.717, 1.165) is 30.0 Å². The van der Waals surface area contributed by atoms with Crippen LogP contribution in [0, 0.1) is 0 Å². The van der Waals surface area contributed by atoms with E-state index in [2.05, 4.69) is 22.8 Å². The molecule has 0 spiro atoms. The molecule has 2 atom stereocenters. The molecule has 7 heteroatoms. The molecule has 2 aromatic carbocycles. The average molecular weight is 471 g/mol. The Morgan fingerprint density at radius 3 is 2.37 bits per heavy atom. The molecule has 27 heavy (non-hydrogen) atoms. The highest BCUT2D eigenvalue weighted by molar-refractivity contribution is 6.42. The zero-order chi connectivity index (χ0) is 17.9. The van der Waals surface area contributed by atoms with Crippen molar-refractivity contribution in [3.63, 3.8) is 0 Å². The zero-order valence-electron chi connectivity index (χ0n) is 15.1. The van der Waals surface area contributed by atoms with Crippen LogP contribution in [0.3, 0.4) is 0 Å². The monoisotopic (exact) mass is 468 g/mol. The summed E-state index contributed by atoms with van der Waals surface area (Å²) in [6.07, 6.45) is 4.57. The third-order valence-electron chi connectivity index (χ3n) is 5.25. The Bertz CT molecular complexity index is 740. The number of likely N-dealkylation sites (N-methyl/N-ethyl adjacent to an activating group) is 1. The topological polar surface area (TPSA) is 24.1 Å². The molecule has 0 heterocycles. The molecule has 2 nitrogen and oxygen atoms in total. The van der Waals surface area contributed by atoms with Crippen molar-refractivity contribution in [1.29, 1.82) is 0 Å². The number of hydrogen-bond donors (Lipinski definition) is 2. The van der Waals surface area contributed by atoms with Crippen LogP contribution >= 0.6 is 59.6 Å². The van der Waals surface area contributed by atoms with E-state index in [4.69, 9.17) is 34.8 Å². The first kappa shape index (κ1) is 24.8. The molecule has 0 bridgehead atoms. The molecule has 1 aliphatic carbocycles. The Balaban J connectivity index is 0.00000182. The van der Waals surface area contributed by atoms with Crippen molar-refractivity contribution in [1.82, 2.24) is 10.6 Å². The van der Waals surface area contributed by atoms with Crippen molar-refractivity contribution in [2.45, 2.75) is 43.8 Å². The van der Waals surface area contributed by atoms with Crippen LogP contribution in [0.4, 0.5) is 0 Å². The first-order chi connectivity index (χ1) is 12.1. The molecular weight excluding hydrogens is 445 g/mol. The minimum atomic E-state index is -0.160. The van der Waals surface area contributed by atoms with Gasteiger partial charge in [-0.25, -0.2) is 0 Å². The highest BCUT2D eigenvalue weighted by Crippen LogP contribution is 2.40. The number of hydrogen-bond acceptors (Lipinski definition) is 2. The van der Waals surface area contributed by atoms with Crippen molar-refractivity contribution >= 4 is 59.6 Å². The Kier molecular flexibility index (Phi) is 10.2. The summed E-state index contributed by atoms with van der Waals surface area (Å²) in [6, 6.07) is 14.2. The van der Waals surface area contributed by atoms with Gasteiger partial charge in [0.05, 0.1) is 15.6 Å². The van der Waals surface area contributed by atoms with Gasteiger partial charge in [0, 0.05) is 17.6 Å². The van der Waals surface area contributed by atoms with Crippen LogP contribution in [0.1, 0.15) is 36.8 Å². The predicted molar refractivity (Wildman–Crippen MR) is 122 cm³/mol. The second-order valence-corrected chi connectivity index (χ2v) is 7.85. The molecule has 150 valence electrons.